The fourth-order valence-electron chi connectivity index (χ4n) is 2.68. The minimum Gasteiger partial charge on any atom is -0.497 e. The molecule has 1 atom stereocenters. The summed E-state index contributed by atoms with van der Waals surface area (Å²) in [6, 6.07) is 12.3. The number of ether oxygens (including phenoxy) is 3. The summed E-state index contributed by atoms with van der Waals surface area (Å²) in [4.78, 5) is 37.3. The minimum absolute atomic E-state index is 0.138. The van der Waals surface area contributed by atoms with E-state index >= 15 is 0 Å². The van der Waals surface area contributed by atoms with Crippen LogP contribution in [0.2, 0.25) is 0 Å². The number of para-hydroxylation sites is 1. The van der Waals surface area contributed by atoms with Crippen LogP contribution in [0.15, 0.2) is 47.4 Å². The second kappa shape index (κ2) is 9.33. The number of hydrogen-bond acceptors (Lipinski definition) is 7. The second-order valence-corrected chi connectivity index (χ2v) is 7.32. The molecule has 0 saturated heterocycles. The van der Waals surface area contributed by atoms with Gasteiger partial charge in [-0.25, -0.2) is 0 Å². The van der Waals surface area contributed by atoms with E-state index in [1.807, 2.05) is 18.2 Å². The normalized spacial score (nSPS) is 15.0. The van der Waals surface area contributed by atoms with Crippen molar-refractivity contribution in [3.8, 4) is 11.5 Å². The zero-order valence-electron chi connectivity index (χ0n) is 15.9. The number of thioether (sulfide) groups is 1. The summed E-state index contributed by atoms with van der Waals surface area (Å²) in [5.41, 5.74) is 1.12. The lowest BCUT2D eigenvalue weighted by molar-refractivity contribution is -0.147. The van der Waals surface area contributed by atoms with Gasteiger partial charge in [0.2, 0.25) is 5.91 Å². The Morgan fingerprint density at radius 3 is 2.69 bits per heavy atom. The number of benzene rings is 2. The van der Waals surface area contributed by atoms with Crippen LogP contribution in [0.1, 0.15) is 6.42 Å². The van der Waals surface area contributed by atoms with E-state index in [1.54, 1.807) is 24.3 Å². The molecule has 152 valence electrons. The third-order valence-electron chi connectivity index (χ3n) is 4.10. The number of carbonyl (C=O) groups excluding carboxylic acids is 3. The van der Waals surface area contributed by atoms with Crippen LogP contribution < -0.4 is 20.1 Å². The van der Waals surface area contributed by atoms with Gasteiger partial charge in [-0.05, 0) is 24.3 Å². The number of methoxy groups -OCH3 is 2. The highest BCUT2D eigenvalue weighted by Gasteiger charge is 2.29. The molecule has 0 aromatic heterocycles. The van der Waals surface area contributed by atoms with Crippen LogP contribution in [0, 0.1) is 0 Å². The highest BCUT2D eigenvalue weighted by molar-refractivity contribution is 8.01. The Morgan fingerprint density at radius 2 is 1.93 bits per heavy atom. The molecule has 0 fully saturated rings. The standard InChI is InChI=1S/C20H20N2O6S/c1-26-12-7-8-15(27-2)14(9-12)21-18(23)11-28-19(24)10-17-20(25)22-13-5-3-4-6-16(13)29-17/h3-9,17H,10-11H2,1-2H3,(H,21,23)(H,22,25)/t17-/m1/s1. The van der Waals surface area contributed by atoms with E-state index in [0.717, 1.165) is 10.6 Å². The molecule has 0 aliphatic carbocycles. The molecule has 0 radical (unpaired) electrons. The lowest BCUT2D eigenvalue weighted by Gasteiger charge is -2.23. The van der Waals surface area contributed by atoms with Gasteiger partial charge in [0.25, 0.3) is 5.91 Å². The Morgan fingerprint density at radius 1 is 1.14 bits per heavy atom. The number of esters is 1. The van der Waals surface area contributed by atoms with Crippen molar-refractivity contribution < 1.29 is 28.6 Å². The molecule has 1 aliphatic rings. The van der Waals surface area contributed by atoms with Gasteiger partial charge in [0, 0.05) is 11.0 Å². The molecule has 29 heavy (non-hydrogen) atoms. The van der Waals surface area contributed by atoms with Crippen molar-refractivity contribution >= 4 is 40.9 Å². The topological polar surface area (TPSA) is 103 Å². The smallest absolute Gasteiger partial charge is 0.307 e. The van der Waals surface area contributed by atoms with Gasteiger partial charge in [0.15, 0.2) is 6.61 Å². The van der Waals surface area contributed by atoms with Crippen molar-refractivity contribution in [2.75, 3.05) is 31.5 Å². The molecule has 2 amide bonds. The lowest BCUT2D eigenvalue weighted by atomic mass is 10.2. The van der Waals surface area contributed by atoms with Crippen LogP contribution in [-0.4, -0.2) is 43.9 Å². The third-order valence-corrected chi connectivity index (χ3v) is 5.38. The monoisotopic (exact) mass is 416 g/mol. The molecular weight excluding hydrogens is 396 g/mol. The first-order valence-electron chi connectivity index (χ1n) is 8.74. The maximum Gasteiger partial charge on any atom is 0.307 e. The second-order valence-electron chi connectivity index (χ2n) is 6.07. The zero-order chi connectivity index (χ0) is 20.8. The first-order valence-corrected chi connectivity index (χ1v) is 9.62. The van der Waals surface area contributed by atoms with Crippen molar-refractivity contribution in [3.63, 3.8) is 0 Å². The SMILES string of the molecule is COc1ccc(OC)c(NC(=O)COC(=O)C[C@H]2Sc3ccccc3NC2=O)c1. The number of amides is 2. The van der Waals surface area contributed by atoms with Crippen LogP contribution in [-0.2, 0) is 19.1 Å². The van der Waals surface area contributed by atoms with Crippen molar-refractivity contribution in [2.45, 2.75) is 16.6 Å². The van der Waals surface area contributed by atoms with Crippen LogP contribution in [0.3, 0.4) is 0 Å². The fourth-order valence-corrected chi connectivity index (χ4v) is 3.78. The van der Waals surface area contributed by atoms with Gasteiger partial charge < -0.3 is 24.8 Å². The fraction of sp³-hybridized carbons (Fsp3) is 0.250. The Labute approximate surface area is 171 Å². The summed E-state index contributed by atoms with van der Waals surface area (Å²) >= 11 is 1.30. The molecule has 0 saturated carbocycles. The molecular formula is C20H20N2O6S. The predicted molar refractivity (Wildman–Crippen MR) is 108 cm³/mol. The van der Waals surface area contributed by atoms with Gasteiger partial charge in [0.05, 0.1) is 37.3 Å². The molecule has 0 spiro atoms. The molecule has 9 heteroatoms. The Balaban J connectivity index is 1.52. The molecule has 8 nitrogen and oxygen atoms in total. The number of carbonyl (C=O) groups is 3. The van der Waals surface area contributed by atoms with E-state index in [-0.39, 0.29) is 12.3 Å². The Hall–Kier alpha value is -3.20. The van der Waals surface area contributed by atoms with Crippen molar-refractivity contribution in [1.29, 1.82) is 0 Å². The first-order chi connectivity index (χ1) is 14.0. The molecule has 1 heterocycles. The van der Waals surface area contributed by atoms with Gasteiger partial charge in [-0.3, -0.25) is 14.4 Å². The molecule has 0 unspecified atom stereocenters. The number of nitrogens with one attached hydrogen (secondary N) is 2. The summed E-state index contributed by atoms with van der Waals surface area (Å²) in [5.74, 6) is -0.449. The van der Waals surface area contributed by atoms with Gasteiger partial charge in [0.1, 0.15) is 11.5 Å². The largest absolute Gasteiger partial charge is 0.497 e. The number of fused-ring (bicyclic) bond motifs is 1. The van der Waals surface area contributed by atoms with Gasteiger partial charge >= 0.3 is 5.97 Å². The summed E-state index contributed by atoms with van der Waals surface area (Å²) in [6.45, 7) is -0.477. The zero-order valence-corrected chi connectivity index (χ0v) is 16.7. The summed E-state index contributed by atoms with van der Waals surface area (Å²) in [6.07, 6.45) is -0.138. The van der Waals surface area contributed by atoms with Gasteiger partial charge in [-0.2, -0.15) is 0 Å². The summed E-state index contributed by atoms with van der Waals surface area (Å²) in [5, 5.41) is 4.76. The lowest BCUT2D eigenvalue weighted by Crippen LogP contribution is -2.32. The highest BCUT2D eigenvalue weighted by atomic mass is 32.2. The van der Waals surface area contributed by atoms with E-state index in [4.69, 9.17) is 14.2 Å². The average Bonchev–Trinajstić information content (AvgIpc) is 2.72. The number of hydrogen-bond donors (Lipinski definition) is 2. The van der Waals surface area contributed by atoms with Crippen molar-refractivity contribution in [2.24, 2.45) is 0 Å². The maximum atomic E-state index is 12.2. The van der Waals surface area contributed by atoms with Gasteiger partial charge in [-0.15, -0.1) is 11.8 Å². The average molecular weight is 416 g/mol. The van der Waals surface area contributed by atoms with Crippen LogP contribution in [0.5, 0.6) is 11.5 Å². The highest BCUT2D eigenvalue weighted by Crippen LogP contribution is 2.36. The quantitative estimate of drug-likeness (QED) is 0.669. The van der Waals surface area contributed by atoms with E-state index in [2.05, 4.69) is 10.6 Å². The molecule has 2 aromatic rings. The minimum atomic E-state index is -0.634. The predicted octanol–water partition coefficient (Wildman–Crippen LogP) is 2.69. The van der Waals surface area contributed by atoms with E-state index < -0.39 is 23.7 Å². The van der Waals surface area contributed by atoms with E-state index in [1.165, 1.54) is 26.0 Å². The van der Waals surface area contributed by atoms with Crippen LogP contribution in [0.25, 0.3) is 0 Å². The van der Waals surface area contributed by atoms with Crippen molar-refractivity contribution in [1.82, 2.24) is 0 Å². The Kier molecular flexibility index (Phi) is 6.61. The first kappa shape index (κ1) is 20.5. The number of anilines is 2. The van der Waals surface area contributed by atoms with Crippen molar-refractivity contribution in [3.05, 3.63) is 42.5 Å². The third kappa shape index (κ3) is 5.20. The van der Waals surface area contributed by atoms with Crippen LogP contribution >= 0.6 is 11.8 Å². The Bertz CT molecular complexity index is 933. The van der Waals surface area contributed by atoms with Gasteiger partial charge in [-0.1, -0.05) is 12.1 Å². The molecule has 0 bridgehead atoms. The van der Waals surface area contributed by atoms with E-state index in [9.17, 15) is 14.4 Å². The molecule has 2 N–H and O–H groups in total. The molecule has 3 rings (SSSR count). The molecule has 2 aromatic carbocycles. The van der Waals surface area contributed by atoms with Crippen LogP contribution in [0.4, 0.5) is 11.4 Å². The maximum absolute atomic E-state index is 12.2. The van der Waals surface area contributed by atoms with E-state index in [0.29, 0.717) is 17.2 Å². The molecule has 1 aliphatic heterocycles. The summed E-state index contributed by atoms with van der Waals surface area (Å²) < 4.78 is 15.3. The summed E-state index contributed by atoms with van der Waals surface area (Å²) in [7, 11) is 2.98. The number of rotatable bonds is 7.